The quantitative estimate of drug-likeness (QED) is 0.517. The van der Waals surface area contributed by atoms with Crippen molar-refractivity contribution in [1.82, 2.24) is 0 Å². The third-order valence-electron chi connectivity index (χ3n) is 3.69. The molecule has 0 radical (unpaired) electrons. The summed E-state index contributed by atoms with van der Waals surface area (Å²) in [6.45, 7) is 2.19. The van der Waals surface area contributed by atoms with Gasteiger partial charge in [0.1, 0.15) is 11.5 Å². The fourth-order valence-corrected chi connectivity index (χ4v) is 2.39. The molecule has 0 saturated heterocycles. The number of aromatic hydroxyl groups is 1. The highest BCUT2D eigenvalue weighted by molar-refractivity contribution is 5.81. The number of rotatable bonds is 3. The third kappa shape index (κ3) is 3.34. The molecule has 0 amide bonds. The number of ether oxygens (including phenoxy) is 1. The minimum Gasteiger partial charge on any atom is -0.507 e. The van der Waals surface area contributed by atoms with E-state index in [1.807, 2.05) is 0 Å². The molecule has 1 aliphatic carbocycles. The van der Waals surface area contributed by atoms with Crippen molar-refractivity contribution in [3.05, 3.63) is 23.8 Å². The van der Waals surface area contributed by atoms with Gasteiger partial charge in [-0.3, -0.25) is 9.59 Å². The molecule has 4 nitrogen and oxygen atoms in total. The lowest BCUT2D eigenvalue weighted by Crippen LogP contribution is -2.24. The van der Waals surface area contributed by atoms with Crippen molar-refractivity contribution in [2.45, 2.75) is 32.6 Å². The van der Waals surface area contributed by atoms with E-state index in [1.54, 1.807) is 0 Å². The van der Waals surface area contributed by atoms with E-state index < -0.39 is 0 Å². The number of hydrogen-bond acceptors (Lipinski definition) is 4. The molecule has 2 rings (SSSR count). The first-order valence-electron chi connectivity index (χ1n) is 6.60. The van der Waals surface area contributed by atoms with Crippen LogP contribution in [-0.2, 0) is 4.79 Å². The lowest BCUT2D eigenvalue weighted by atomic mass is 9.83. The Kier molecular flexibility index (Phi) is 4.20. The van der Waals surface area contributed by atoms with E-state index in [0.717, 1.165) is 25.7 Å². The van der Waals surface area contributed by atoms with Crippen molar-refractivity contribution in [3.8, 4) is 11.5 Å². The van der Waals surface area contributed by atoms with Crippen LogP contribution in [-0.4, -0.2) is 17.4 Å². The summed E-state index contributed by atoms with van der Waals surface area (Å²) >= 11 is 0. The van der Waals surface area contributed by atoms with Gasteiger partial charge in [-0.2, -0.15) is 0 Å². The fourth-order valence-electron chi connectivity index (χ4n) is 2.39. The van der Waals surface area contributed by atoms with E-state index in [1.165, 1.54) is 18.2 Å². The van der Waals surface area contributed by atoms with Crippen molar-refractivity contribution >= 4 is 12.3 Å². The normalized spacial score (nSPS) is 22.8. The molecular weight excluding hydrogens is 244 g/mol. The van der Waals surface area contributed by atoms with E-state index in [-0.39, 0.29) is 23.2 Å². The minimum atomic E-state index is -0.241. The first-order chi connectivity index (χ1) is 9.10. The predicted octanol–water partition coefficient (Wildman–Crippen LogP) is 2.94. The molecule has 0 aromatic heterocycles. The molecule has 0 bridgehead atoms. The van der Waals surface area contributed by atoms with Gasteiger partial charge >= 0.3 is 5.97 Å². The van der Waals surface area contributed by atoms with Crippen LogP contribution in [0.2, 0.25) is 0 Å². The summed E-state index contributed by atoms with van der Waals surface area (Å²) in [7, 11) is 0. The maximum absolute atomic E-state index is 12.0. The number of aldehydes is 1. The molecule has 19 heavy (non-hydrogen) atoms. The third-order valence-corrected chi connectivity index (χ3v) is 3.69. The number of benzene rings is 1. The van der Waals surface area contributed by atoms with Gasteiger partial charge in [0.05, 0.1) is 11.5 Å². The summed E-state index contributed by atoms with van der Waals surface area (Å²) in [5.41, 5.74) is 0.127. The van der Waals surface area contributed by atoms with Crippen LogP contribution in [0, 0.1) is 11.8 Å². The van der Waals surface area contributed by atoms with Crippen molar-refractivity contribution in [2.75, 3.05) is 0 Å². The number of carbonyl (C=O) groups excluding carboxylic acids is 2. The van der Waals surface area contributed by atoms with Gasteiger partial charge in [-0.25, -0.2) is 0 Å². The van der Waals surface area contributed by atoms with Gasteiger partial charge < -0.3 is 9.84 Å². The van der Waals surface area contributed by atoms with Crippen LogP contribution in [0.1, 0.15) is 43.0 Å². The smallest absolute Gasteiger partial charge is 0.314 e. The SMILES string of the molecule is CC1CCC(C(=O)Oc2ccc(O)c(C=O)c2)CC1. The van der Waals surface area contributed by atoms with Crippen LogP contribution in [0.25, 0.3) is 0 Å². The van der Waals surface area contributed by atoms with Crippen molar-refractivity contribution < 1.29 is 19.4 Å². The number of esters is 1. The second kappa shape index (κ2) is 5.87. The van der Waals surface area contributed by atoms with E-state index in [0.29, 0.717) is 18.0 Å². The number of carbonyl (C=O) groups is 2. The number of phenols is 1. The zero-order valence-electron chi connectivity index (χ0n) is 11.0. The minimum absolute atomic E-state index is 0.0512. The topological polar surface area (TPSA) is 63.6 Å². The molecule has 0 aliphatic heterocycles. The molecular formula is C15H18O4. The number of hydrogen-bond donors (Lipinski definition) is 1. The zero-order valence-corrected chi connectivity index (χ0v) is 11.0. The molecule has 1 saturated carbocycles. The molecule has 1 aliphatic rings. The van der Waals surface area contributed by atoms with Gasteiger partial charge in [0.2, 0.25) is 0 Å². The van der Waals surface area contributed by atoms with Crippen molar-refractivity contribution in [1.29, 1.82) is 0 Å². The Morgan fingerprint density at radius 2 is 2.00 bits per heavy atom. The van der Waals surface area contributed by atoms with E-state index in [9.17, 15) is 14.7 Å². The van der Waals surface area contributed by atoms with Crippen molar-refractivity contribution in [3.63, 3.8) is 0 Å². The molecule has 0 spiro atoms. The van der Waals surface area contributed by atoms with Gasteiger partial charge in [0.15, 0.2) is 6.29 Å². The Balaban J connectivity index is 2.00. The summed E-state index contributed by atoms with van der Waals surface area (Å²) < 4.78 is 5.28. The summed E-state index contributed by atoms with van der Waals surface area (Å²) in [6, 6.07) is 4.23. The van der Waals surface area contributed by atoms with Crippen molar-refractivity contribution in [2.24, 2.45) is 11.8 Å². The average molecular weight is 262 g/mol. The van der Waals surface area contributed by atoms with Crippen LogP contribution in [0.4, 0.5) is 0 Å². The lowest BCUT2D eigenvalue weighted by Gasteiger charge is -2.24. The van der Waals surface area contributed by atoms with Crippen LogP contribution in [0.15, 0.2) is 18.2 Å². The van der Waals surface area contributed by atoms with Gasteiger partial charge in [-0.1, -0.05) is 6.92 Å². The van der Waals surface area contributed by atoms with Crippen LogP contribution < -0.4 is 4.74 Å². The van der Waals surface area contributed by atoms with E-state index >= 15 is 0 Å². The highest BCUT2D eigenvalue weighted by atomic mass is 16.5. The maximum atomic E-state index is 12.0. The molecule has 1 fully saturated rings. The first kappa shape index (κ1) is 13.6. The molecule has 1 aromatic rings. The molecule has 1 N–H and O–H groups in total. The summed E-state index contributed by atoms with van der Waals surface area (Å²) in [5.74, 6) is 0.586. The van der Waals surface area contributed by atoms with E-state index in [2.05, 4.69) is 6.92 Å². The fraction of sp³-hybridized carbons (Fsp3) is 0.467. The summed E-state index contributed by atoms with van der Waals surface area (Å²) in [4.78, 5) is 22.7. The lowest BCUT2D eigenvalue weighted by molar-refractivity contribution is -0.140. The van der Waals surface area contributed by atoms with Gasteiger partial charge in [0, 0.05) is 0 Å². The molecule has 102 valence electrons. The molecule has 0 heterocycles. The Hall–Kier alpha value is -1.84. The maximum Gasteiger partial charge on any atom is 0.314 e. The van der Waals surface area contributed by atoms with Crippen LogP contribution >= 0.6 is 0 Å². The largest absolute Gasteiger partial charge is 0.507 e. The van der Waals surface area contributed by atoms with Crippen LogP contribution in [0.5, 0.6) is 11.5 Å². The second-order valence-electron chi connectivity index (χ2n) is 5.22. The summed E-state index contributed by atoms with van der Waals surface area (Å²) in [5, 5.41) is 9.38. The monoisotopic (exact) mass is 262 g/mol. The molecule has 4 heteroatoms. The zero-order chi connectivity index (χ0) is 13.8. The Bertz CT molecular complexity index is 473. The van der Waals surface area contributed by atoms with E-state index in [4.69, 9.17) is 4.74 Å². The Morgan fingerprint density at radius 3 is 2.63 bits per heavy atom. The van der Waals surface area contributed by atoms with Gasteiger partial charge in [0.25, 0.3) is 0 Å². The standard InChI is InChI=1S/C15H18O4/c1-10-2-4-11(5-3-10)15(18)19-13-6-7-14(17)12(8-13)9-16/h6-11,17H,2-5H2,1H3. The second-order valence-corrected chi connectivity index (χ2v) is 5.22. The Morgan fingerprint density at radius 1 is 1.32 bits per heavy atom. The first-order valence-corrected chi connectivity index (χ1v) is 6.60. The molecule has 1 aromatic carbocycles. The summed E-state index contributed by atoms with van der Waals surface area (Å²) in [6.07, 6.45) is 4.36. The molecule has 0 unspecified atom stereocenters. The Labute approximate surface area is 112 Å². The average Bonchev–Trinajstić information content (AvgIpc) is 2.41. The predicted molar refractivity (Wildman–Crippen MR) is 70.3 cm³/mol. The van der Waals surface area contributed by atoms with Crippen LogP contribution in [0.3, 0.4) is 0 Å². The van der Waals surface area contributed by atoms with Gasteiger partial charge in [-0.15, -0.1) is 0 Å². The molecule has 0 atom stereocenters. The highest BCUT2D eigenvalue weighted by Crippen LogP contribution is 2.30. The number of phenolic OH excluding ortho intramolecular Hbond substituents is 1. The van der Waals surface area contributed by atoms with Gasteiger partial charge in [-0.05, 0) is 49.8 Å². The highest BCUT2D eigenvalue weighted by Gasteiger charge is 2.26.